The lowest BCUT2D eigenvalue weighted by Crippen LogP contribution is -2.33. The van der Waals surface area contributed by atoms with Crippen molar-refractivity contribution < 1.29 is 18.5 Å². The molecule has 7 nitrogen and oxygen atoms in total. The van der Waals surface area contributed by atoms with Gasteiger partial charge in [-0.3, -0.25) is 10.1 Å². The molecule has 0 fully saturated rings. The number of carbonyl (C=O) groups excluding carboxylic acids is 1. The molecule has 9 heteroatoms. The van der Waals surface area contributed by atoms with Crippen LogP contribution in [0.15, 0.2) is 12.1 Å². The van der Waals surface area contributed by atoms with Crippen molar-refractivity contribution in [1.29, 1.82) is 0 Å². The summed E-state index contributed by atoms with van der Waals surface area (Å²) >= 11 is 0. The second kappa shape index (κ2) is 5.75. The van der Waals surface area contributed by atoms with Crippen LogP contribution in [0.1, 0.15) is 0 Å². The quantitative estimate of drug-likeness (QED) is 0.416. The molecule has 98 valence electrons. The van der Waals surface area contributed by atoms with Crippen molar-refractivity contribution in [2.24, 2.45) is 5.73 Å². The molecule has 1 aromatic rings. The predicted molar refractivity (Wildman–Crippen MR) is 59.1 cm³/mol. The lowest BCUT2D eigenvalue weighted by Gasteiger charge is -2.08. The standard InChI is InChI=1S/C9H10F2N4O3/c10-6-3-5(15(17)18)4-7(11)8(6)13-1-2-14-9(12)16/h3-4,13H,1-2H2,(H3,12,14,16). The SMILES string of the molecule is NC(=O)NCCNc1c(F)cc([N+](=O)[O-])cc1F. The molecular weight excluding hydrogens is 250 g/mol. The maximum absolute atomic E-state index is 13.3. The molecule has 18 heavy (non-hydrogen) atoms. The third kappa shape index (κ3) is 3.54. The second-order valence-corrected chi connectivity index (χ2v) is 3.26. The molecule has 0 spiro atoms. The number of nitrogens with zero attached hydrogens (tertiary/aromatic N) is 1. The smallest absolute Gasteiger partial charge is 0.312 e. The van der Waals surface area contributed by atoms with Crippen molar-refractivity contribution in [3.63, 3.8) is 0 Å². The van der Waals surface area contributed by atoms with Crippen LogP contribution >= 0.6 is 0 Å². The predicted octanol–water partition coefficient (Wildman–Crippen LogP) is 0.953. The Kier molecular flexibility index (Phi) is 4.35. The molecule has 0 aliphatic rings. The van der Waals surface area contributed by atoms with Crippen molar-refractivity contribution in [3.05, 3.63) is 33.9 Å². The van der Waals surface area contributed by atoms with Crippen LogP contribution in [0.5, 0.6) is 0 Å². The van der Waals surface area contributed by atoms with E-state index in [1.54, 1.807) is 0 Å². The van der Waals surface area contributed by atoms with E-state index in [-0.39, 0.29) is 13.1 Å². The van der Waals surface area contributed by atoms with Gasteiger partial charge in [-0.2, -0.15) is 0 Å². The molecule has 0 aliphatic heterocycles. The van der Waals surface area contributed by atoms with E-state index in [4.69, 9.17) is 5.73 Å². The van der Waals surface area contributed by atoms with Gasteiger partial charge in [0.1, 0.15) is 5.69 Å². The molecule has 1 rings (SSSR count). The molecule has 0 aliphatic carbocycles. The molecule has 0 atom stereocenters. The summed E-state index contributed by atoms with van der Waals surface area (Å²) < 4.78 is 26.7. The van der Waals surface area contributed by atoms with Crippen molar-refractivity contribution in [2.45, 2.75) is 0 Å². The lowest BCUT2D eigenvalue weighted by molar-refractivity contribution is -0.385. The molecule has 4 N–H and O–H groups in total. The molecule has 1 aromatic carbocycles. The Balaban J connectivity index is 2.72. The van der Waals surface area contributed by atoms with E-state index >= 15 is 0 Å². The van der Waals surface area contributed by atoms with Crippen molar-refractivity contribution in [2.75, 3.05) is 18.4 Å². The number of nitro benzene ring substituents is 1. The van der Waals surface area contributed by atoms with Gasteiger partial charge in [0, 0.05) is 13.1 Å². The number of benzene rings is 1. The van der Waals surface area contributed by atoms with Crippen LogP contribution in [0, 0.1) is 21.7 Å². The summed E-state index contributed by atoms with van der Waals surface area (Å²) in [5, 5.41) is 14.9. The van der Waals surface area contributed by atoms with Gasteiger partial charge in [-0.05, 0) is 0 Å². The summed E-state index contributed by atoms with van der Waals surface area (Å²) in [6, 6.07) is 0.446. The summed E-state index contributed by atoms with van der Waals surface area (Å²) in [5.74, 6) is -2.17. The maximum Gasteiger partial charge on any atom is 0.312 e. The lowest BCUT2D eigenvalue weighted by atomic mass is 10.2. The van der Waals surface area contributed by atoms with Crippen LogP contribution in [-0.2, 0) is 0 Å². The van der Waals surface area contributed by atoms with E-state index in [1.807, 2.05) is 0 Å². The molecule has 0 bridgehead atoms. The summed E-state index contributed by atoms with van der Waals surface area (Å²) in [4.78, 5) is 19.8. The highest BCUT2D eigenvalue weighted by Crippen LogP contribution is 2.24. The highest BCUT2D eigenvalue weighted by atomic mass is 19.1. The van der Waals surface area contributed by atoms with E-state index in [0.717, 1.165) is 0 Å². The highest BCUT2D eigenvalue weighted by molar-refractivity contribution is 5.71. The van der Waals surface area contributed by atoms with Crippen LogP contribution in [0.2, 0.25) is 0 Å². The number of rotatable bonds is 5. The average molecular weight is 260 g/mol. The first-order valence-electron chi connectivity index (χ1n) is 4.82. The summed E-state index contributed by atoms with van der Waals surface area (Å²) in [5.41, 5.74) is 3.62. The number of non-ortho nitro benzene ring substituents is 1. The van der Waals surface area contributed by atoms with Gasteiger partial charge < -0.3 is 16.4 Å². The van der Waals surface area contributed by atoms with Gasteiger partial charge in [0.05, 0.1) is 17.1 Å². The Morgan fingerprint density at radius 3 is 2.33 bits per heavy atom. The number of hydrogen-bond acceptors (Lipinski definition) is 4. The van der Waals surface area contributed by atoms with Crippen LogP contribution in [-0.4, -0.2) is 24.0 Å². The monoisotopic (exact) mass is 260 g/mol. The van der Waals surface area contributed by atoms with E-state index < -0.39 is 34.0 Å². The molecule has 0 aromatic heterocycles. The minimum absolute atomic E-state index is 0.0224. The van der Waals surface area contributed by atoms with E-state index in [1.165, 1.54) is 0 Å². The molecule has 0 saturated carbocycles. The number of amides is 2. The van der Waals surface area contributed by atoms with Gasteiger partial charge >= 0.3 is 6.03 Å². The molecular formula is C9H10F2N4O3. The van der Waals surface area contributed by atoms with Gasteiger partial charge in [0.2, 0.25) is 0 Å². The number of halogens is 2. The zero-order valence-corrected chi connectivity index (χ0v) is 9.07. The summed E-state index contributed by atoms with van der Waals surface area (Å²) in [7, 11) is 0. The Labute approximate surface area is 100 Å². The number of primary amides is 1. The van der Waals surface area contributed by atoms with Crippen molar-refractivity contribution >= 4 is 17.4 Å². The van der Waals surface area contributed by atoms with Crippen LogP contribution < -0.4 is 16.4 Å². The zero-order chi connectivity index (χ0) is 13.7. The van der Waals surface area contributed by atoms with Gasteiger partial charge in [0.25, 0.3) is 5.69 Å². The topological polar surface area (TPSA) is 110 Å². The largest absolute Gasteiger partial charge is 0.379 e. The third-order valence-electron chi connectivity index (χ3n) is 1.96. The maximum atomic E-state index is 13.3. The minimum atomic E-state index is -1.08. The number of carbonyl (C=O) groups is 1. The van der Waals surface area contributed by atoms with E-state index in [2.05, 4.69) is 10.6 Å². The van der Waals surface area contributed by atoms with Crippen molar-refractivity contribution in [1.82, 2.24) is 5.32 Å². The van der Waals surface area contributed by atoms with E-state index in [9.17, 15) is 23.7 Å². The Bertz CT molecular complexity index is 458. The number of anilines is 1. The fourth-order valence-electron chi connectivity index (χ4n) is 1.21. The number of nitrogens with one attached hydrogen (secondary N) is 2. The second-order valence-electron chi connectivity index (χ2n) is 3.26. The summed E-state index contributed by atoms with van der Waals surface area (Å²) in [6.45, 7) is 0.0831. The first-order valence-corrected chi connectivity index (χ1v) is 4.82. The summed E-state index contributed by atoms with van der Waals surface area (Å²) in [6.07, 6.45) is 0. The number of nitro groups is 1. The highest BCUT2D eigenvalue weighted by Gasteiger charge is 2.16. The first-order chi connectivity index (χ1) is 8.41. The van der Waals surface area contributed by atoms with Gasteiger partial charge in [-0.15, -0.1) is 0 Å². The number of nitrogens with two attached hydrogens (primary N) is 1. The van der Waals surface area contributed by atoms with Gasteiger partial charge in [0.15, 0.2) is 11.6 Å². The van der Waals surface area contributed by atoms with Gasteiger partial charge in [-0.1, -0.05) is 0 Å². The number of urea groups is 1. The van der Waals surface area contributed by atoms with Crippen molar-refractivity contribution in [3.8, 4) is 0 Å². The minimum Gasteiger partial charge on any atom is -0.379 e. The normalized spacial score (nSPS) is 9.89. The Hall–Kier alpha value is -2.45. The fourth-order valence-corrected chi connectivity index (χ4v) is 1.21. The van der Waals surface area contributed by atoms with Crippen LogP contribution in [0.3, 0.4) is 0 Å². The molecule has 0 radical (unpaired) electrons. The zero-order valence-electron chi connectivity index (χ0n) is 9.07. The van der Waals surface area contributed by atoms with E-state index in [0.29, 0.717) is 12.1 Å². The molecule has 0 heterocycles. The molecule has 2 amide bonds. The third-order valence-corrected chi connectivity index (χ3v) is 1.96. The number of hydrogen-bond donors (Lipinski definition) is 3. The molecule has 0 unspecified atom stereocenters. The fraction of sp³-hybridized carbons (Fsp3) is 0.222. The Morgan fingerprint density at radius 2 is 1.89 bits per heavy atom. The first kappa shape index (κ1) is 13.6. The average Bonchev–Trinajstić information content (AvgIpc) is 2.26. The van der Waals surface area contributed by atoms with Crippen LogP contribution in [0.25, 0.3) is 0 Å². The molecule has 0 saturated heterocycles. The van der Waals surface area contributed by atoms with Crippen LogP contribution in [0.4, 0.5) is 25.0 Å². The Morgan fingerprint density at radius 1 is 1.33 bits per heavy atom. The van der Waals surface area contributed by atoms with Gasteiger partial charge in [-0.25, -0.2) is 13.6 Å².